The van der Waals surface area contributed by atoms with Crippen molar-refractivity contribution in [3.63, 3.8) is 0 Å². The molecule has 0 aromatic heterocycles. The Morgan fingerprint density at radius 2 is 1.65 bits per heavy atom. The van der Waals surface area contributed by atoms with Crippen LogP contribution in [-0.4, -0.2) is 26.8 Å². The number of ketones is 1. The number of nitrogens with one attached hydrogen (secondary N) is 1. The normalized spacial score (nSPS) is 11.2. The SMILES string of the molecule is O=C(OCC(=O)c1ccc(Cl)cc1Cl)c1cccc(S(=O)(=O)NCc2ccccc2)c1. The molecule has 0 atom stereocenters. The summed E-state index contributed by atoms with van der Waals surface area (Å²) < 4.78 is 32.6. The maximum absolute atomic E-state index is 12.6. The zero-order valence-electron chi connectivity index (χ0n) is 16.0. The summed E-state index contributed by atoms with van der Waals surface area (Å²) in [5.41, 5.74) is 0.957. The second-order valence-corrected chi connectivity index (χ2v) is 9.07. The van der Waals surface area contributed by atoms with Gasteiger partial charge in [0.05, 0.1) is 15.5 Å². The predicted octanol–water partition coefficient (Wildman–Crippen LogP) is 4.51. The number of Topliss-reactive ketones (excluding diaryl/α,β-unsaturated/α-hetero) is 1. The lowest BCUT2D eigenvalue weighted by Crippen LogP contribution is -2.23. The van der Waals surface area contributed by atoms with E-state index in [4.69, 9.17) is 27.9 Å². The molecule has 0 aliphatic rings. The third-order valence-corrected chi connectivity index (χ3v) is 6.20. The van der Waals surface area contributed by atoms with Crippen LogP contribution < -0.4 is 4.72 Å². The highest BCUT2D eigenvalue weighted by Crippen LogP contribution is 2.21. The monoisotopic (exact) mass is 477 g/mol. The molecule has 0 aliphatic carbocycles. The number of carbonyl (C=O) groups excluding carboxylic acids is 2. The fourth-order valence-corrected chi connectivity index (χ4v) is 4.23. The van der Waals surface area contributed by atoms with Crippen molar-refractivity contribution in [2.24, 2.45) is 0 Å². The summed E-state index contributed by atoms with van der Waals surface area (Å²) in [6, 6.07) is 18.7. The molecule has 3 aromatic rings. The predicted molar refractivity (Wildman–Crippen MR) is 118 cm³/mol. The minimum absolute atomic E-state index is 0.00223. The van der Waals surface area contributed by atoms with Crippen molar-refractivity contribution in [3.8, 4) is 0 Å². The molecule has 0 saturated heterocycles. The lowest BCUT2D eigenvalue weighted by molar-refractivity contribution is 0.0474. The van der Waals surface area contributed by atoms with E-state index in [9.17, 15) is 18.0 Å². The minimum atomic E-state index is -3.85. The quantitative estimate of drug-likeness (QED) is 0.380. The number of rotatable bonds is 8. The molecule has 0 amide bonds. The average molecular weight is 478 g/mol. The Labute approximate surface area is 189 Å². The Hall–Kier alpha value is -2.71. The molecule has 0 fully saturated rings. The Balaban J connectivity index is 1.66. The number of hydrogen-bond donors (Lipinski definition) is 1. The highest BCUT2D eigenvalue weighted by atomic mass is 35.5. The van der Waals surface area contributed by atoms with Crippen molar-refractivity contribution in [1.82, 2.24) is 4.72 Å². The van der Waals surface area contributed by atoms with Gasteiger partial charge in [-0.2, -0.15) is 0 Å². The van der Waals surface area contributed by atoms with E-state index in [1.165, 1.54) is 42.5 Å². The molecule has 6 nitrogen and oxygen atoms in total. The fraction of sp³-hybridized carbons (Fsp3) is 0.0909. The van der Waals surface area contributed by atoms with Crippen LogP contribution in [0.1, 0.15) is 26.3 Å². The van der Waals surface area contributed by atoms with E-state index >= 15 is 0 Å². The van der Waals surface area contributed by atoms with Crippen LogP contribution in [0.4, 0.5) is 0 Å². The minimum Gasteiger partial charge on any atom is -0.454 e. The highest BCUT2D eigenvalue weighted by Gasteiger charge is 2.18. The van der Waals surface area contributed by atoms with Crippen LogP contribution in [0.5, 0.6) is 0 Å². The molecule has 0 spiro atoms. The lowest BCUT2D eigenvalue weighted by atomic mass is 10.1. The first-order valence-electron chi connectivity index (χ1n) is 9.05. The molecule has 31 heavy (non-hydrogen) atoms. The van der Waals surface area contributed by atoms with Gasteiger partial charge in [0, 0.05) is 17.1 Å². The Kier molecular flexibility index (Phi) is 7.46. The number of sulfonamides is 1. The number of benzene rings is 3. The van der Waals surface area contributed by atoms with Gasteiger partial charge in [0.2, 0.25) is 15.8 Å². The van der Waals surface area contributed by atoms with Crippen molar-refractivity contribution < 1.29 is 22.7 Å². The number of halogens is 2. The van der Waals surface area contributed by atoms with Crippen LogP contribution >= 0.6 is 23.2 Å². The summed E-state index contributed by atoms with van der Waals surface area (Å²) in [4.78, 5) is 24.5. The van der Waals surface area contributed by atoms with Crippen molar-refractivity contribution in [2.45, 2.75) is 11.4 Å². The zero-order chi connectivity index (χ0) is 22.4. The summed E-state index contributed by atoms with van der Waals surface area (Å²) >= 11 is 11.8. The zero-order valence-corrected chi connectivity index (χ0v) is 18.4. The van der Waals surface area contributed by atoms with Crippen LogP contribution in [0, 0.1) is 0 Å². The molecular formula is C22H17Cl2NO5S. The van der Waals surface area contributed by atoms with Crippen LogP contribution in [-0.2, 0) is 21.3 Å². The number of carbonyl (C=O) groups is 2. The highest BCUT2D eigenvalue weighted by molar-refractivity contribution is 7.89. The number of ether oxygens (including phenoxy) is 1. The molecule has 3 aromatic carbocycles. The molecule has 0 aliphatic heterocycles. The van der Waals surface area contributed by atoms with Gasteiger partial charge in [-0.05, 0) is 42.0 Å². The maximum Gasteiger partial charge on any atom is 0.338 e. The Morgan fingerprint density at radius 3 is 2.35 bits per heavy atom. The average Bonchev–Trinajstić information content (AvgIpc) is 2.76. The van der Waals surface area contributed by atoms with Crippen LogP contribution in [0.2, 0.25) is 10.0 Å². The van der Waals surface area contributed by atoms with E-state index in [0.29, 0.717) is 5.02 Å². The molecular weight excluding hydrogens is 461 g/mol. The van der Waals surface area contributed by atoms with Gasteiger partial charge < -0.3 is 4.74 Å². The van der Waals surface area contributed by atoms with Crippen molar-refractivity contribution in [2.75, 3.05) is 6.61 Å². The van der Waals surface area contributed by atoms with Crippen molar-refractivity contribution >= 4 is 45.0 Å². The largest absolute Gasteiger partial charge is 0.454 e. The summed E-state index contributed by atoms with van der Waals surface area (Å²) in [5.74, 6) is -1.35. The molecule has 160 valence electrons. The molecule has 0 unspecified atom stereocenters. The van der Waals surface area contributed by atoms with Gasteiger partial charge in [-0.25, -0.2) is 17.9 Å². The Morgan fingerprint density at radius 1 is 0.903 bits per heavy atom. The second kappa shape index (κ2) is 10.1. The molecule has 0 saturated carbocycles. The summed E-state index contributed by atoms with van der Waals surface area (Å²) in [7, 11) is -3.85. The first-order chi connectivity index (χ1) is 14.8. The van der Waals surface area contributed by atoms with E-state index in [-0.39, 0.29) is 27.6 Å². The molecule has 1 N–H and O–H groups in total. The third kappa shape index (κ3) is 6.15. The van der Waals surface area contributed by atoms with Gasteiger partial charge >= 0.3 is 5.97 Å². The molecule has 9 heteroatoms. The van der Waals surface area contributed by atoms with E-state index in [2.05, 4.69) is 4.72 Å². The fourth-order valence-electron chi connectivity index (χ4n) is 2.66. The summed E-state index contributed by atoms with van der Waals surface area (Å²) in [6.45, 7) is -0.447. The number of esters is 1. The maximum atomic E-state index is 12.6. The smallest absolute Gasteiger partial charge is 0.338 e. The number of hydrogen-bond acceptors (Lipinski definition) is 5. The lowest BCUT2D eigenvalue weighted by Gasteiger charge is -2.09. The van der Waals surface area contributed by atoms with Gasteiger partial charge in [0.25, 0.3) is 0 Å². The van der Waals surface area contributed by atoms with Crippen molar-refractivity contribution in [3.05, 3.63) is 99.5 Å². The van der Waals surface area contributed by atoms with Crippen LogP contribution in [0.15, 0.2) is 77.7 Å². The van der Waals surface area contributed by atoms with Gasteiger partial charge in [0.15, 0.2) is 6.61 Å². The van der Waals surface area contributed by atoms with Crippen LogP contribution in [0.25, 0.3) is 0 Å². The summed E-state index contributed by atoms with van der Waals surface area (Å²) in [6.07, 6.45) is 0. The molecule has 0 radical (unpaired) electrons. The first-order valence-corrected chi connectivity index (χ1v) is 11.3. The van der Waals surface area contributed by atoms with E-state index in [0.717, 1.165) is 5.56 Å². The van der Waals surface area contributed by atoms with Gasteiger partial charge in [0.1, 0.15) is 0 Å². The second-order valence-electron chi connectivity index (χ2n) is 6.46. The molecule has 3 rings (SSSR count). The molecule has 0 bridgehead atoms. The molecule has 0 heterocycles. The standard InChI is InChI=1S/C22H17Cl2NO5S/c23-17-9-10-19(20(24)12-17)21(26)14-30-22(27)16-7-4-8-18(11-16)31(28,29)25-13-15-5-2-1-3-6-15/h1-12,25H,13-14H2. The van der Waals surface area contributed by atoms with Crippen molar-refractivity contribution in [1.29, 1.82) is 0 Å². The van der Waals surface area contributed by atoms with Gasteiger partial charge in [-0.15, -0.1) is 0 Å². The van der Waals surface area contributed by atoms with E-state index < -0.39 is 28.4 Å². The summed E-state index contributed by atoms with van der Waals surface area (Å²) in [5, 5.41) is 0.517. The van der Waals surface area contributed by atoms with E-state index in [1.54, 1.807) is 24.3 Å². The van der Waals surface area contributed by atoms with Gasteiger partial charge in [-0.1, -0.05) is 59.6 Å². The van der Waals surface area contributed by atoms with Crippen LogP contribution in [0.3, 0.4) is 0 Å². The Bertz CT molecular complexity index is 1210. The topological polar surface area (TPSA) is 89.5 Å². The first kappa shape index (κ1) is 23.0. The van der Waals surface area contributed by atoms with Gasteiger partial charge in [-0.3, -0.25) is 4.79 Å². The van der Waals surface area contributed by atoms with E-state index in [1.807, 2.05) is 6.07 Å². The third-order valence-electron chi connectivity index (χ3n) is 4.26.